The number of fused-ring (bicyclic) bond motifs is 1. The number of piperazine rings is 1. The van der Waals surface area contributed by atoms with Crippen LogP contribution in [0.15, 0.2) is 22.7 Å². The van der Waals surface area contributed by atoms with E-state index in [1.54, 1.807) is 0 Å². The number of amides is 1. The summed E-state index contributed by atoms with van der Waals surface area (Å²) in [5.41, 5.74) is 3.91. The van der Waals surface area contributed by atoms with Gasteiger partial charge in [0.25, 0.3) is 5.91 Å². The van der Waals surface area contributed by atoms with Crippen molar-refractivity contribution in [3.05, 3.63) is 45.8 Å². The highest BCUT2D eigenvalue weighted by atomic mass is 35.5. The number of benzene rings is 1. The minimum atomic E-state index is 0.00608. The quantitative estimate of drug-likeness (QED) is 0.804. The molecule has 1 saturated heterocycles. The number of halogens is 1. The van der Waals surface area contributed by atoms with Crippen molar-refractivity contribution in [2.75, 3.05) is 31.1 Å². The molecule has 2 heterocycles. The van der Waals surface area contributed by atoms with Gasteiger partial charge in [-0.1, -0.05) is 29.7 Å². The average Bonchev–Trinajstić information content (AvgIpc) is 3.06. The predicted molar refractivity (Wildman–Crippen MR) is 102 cm³/mol. The molecule has 5 nitrogen and oxygen atoms in total. The molecule has 1 unspecified atom stereocenters. The van der Waals surface area contributed by atoms with Crippen LogP contribution in [0.3, 0.4) is 0 Å². The number of aryl methyl sites for hydroxylation is 2. The topological polar surface area (TPSA) is 49.6 Å². The van der Waals surface area contributed by atoms with Crippen LogP contribution in [0.4, 0.5) is 5.69 Å². The van der Waals surface area contributed by atoms with Crippen molar-refractivity contribution in [3.63, 3.8) is 0 Å². The van der Waals surface area contributed by atoms with Gasteiger partial charge in [-0.25, -0.2) is 0 Å². The number of hydrogen-bond acceptors (Lipinski definition) is 4. The Hall–Kier alpha value is -2.01. The zero-order chi connectivity index (χ0) is 18.3. The molecule has 1 aliphatic heterocycles. The van der Waals surface area contributed by atoms with Gasteiger partial charge in [0, 0.05) is 48.9 Å². The lowest BCUT2D eigenvalue weighted by Gasteiger charge is -2.36. The molecule has 1 amide bonds. The summed E-state index contributed by atoms with van der Waals surface area (Å²) < 4.78 is 5.44. The first kappa shape index (κ1) is 17.4. The van der Waals surface area contributed by atoms with Gasteiger partial charge in [0.15, 0.2) is 5.69 Å². The van der Waals surface area contributed by atoms with Gasteiger partial charge in [-0.15, -0.1) is 0 Å². The molecule has 2 aromatic rings. The molecule has 138 valence electrons. The molecular formula is C20H24ClN3O2. The van der Waals surface area contributed by atoms with Crippen molar-refractivity contribution in [1.29, 1.82) is 0 Å². The maximum atomic E-state index is 13.0. The minimum absolute atomic E-state index is 0.00608. The van der Waals surface area contributed by atoms with Crippen LogP contribution in [0, 0.1) is 12.8 Å². The summed E-state index contributed by atoms with van der Waals surface area (Å²) in [6, 6.07) is 5.96. The highest BCUT2D eigenvalue weighted by Crippen LogP contribution is 2.29. The van der Waals surface area contributed by atoms with Crippen LogP contribution in [-0.4, -0.2) is 42.1 Å². The summed E-state index contributed by atoms with van der Waals surface area (Å²) in [7, 11) is 0. The van der Waals surface area contributed by atoms with E-state index in [9.17, 15) is 4.79 Å². The van der Waals surface area contributed by atoms with E-state index in [0.29, 0.717) is 24.7 Å². The number of carbonyl (C=O) groups is 1. The second kappa shape index (κ2) is 6.95. The fourth-order valence-electron chi connectivity index (χ4n) is 3.97. The molecule has 1 aliphatic carbocycles. The average molecular weight is 374 g/mol. The Bertz CT molecular complexity index is 824. The minimum Gasteiger partial charge on any atom is -0.368 e. The van der Waals surface area contributed by atoms with Crippen molar-refractivity contribution in [3.8, 4) is 0 Å². The second-order valence-electron chi connectivity index (χ2n) is 7.49. The Morgan fingerprint density at radius 2 is 2.04 bits per heavy atom. The molecule has 0 radical (unpaired) electrons. The maximum Gasteiger partial charge on any atom is 0.276 e. The lowest BCUT2D eigenvalue weighted by atomic mass is 9.88. The van der Waals surface area contributed by atoms with E-state index < -0.39 is 0 Å². The molecule has 0 N–H and O–H groups in total. The Balaban J connectivity index is 1.46. The van der Waals surface area contributed by atoms with Gasteiger partial charge in [0.1, 0.15) is 5.76 Å². The smallest absolute Gasteiger partial charge is 0.276 e. The zero-order valence-electron chi connectivity index (χ0n) is 15.3. The van der Waals surface area contributed by atoms with Crippen LogP contribution in [0.25, 0.3) is 0 Å². The highest BCUT2D eigenvalue weighted by Gasteiger charge is 2.31. The van der Waals surface area contributed by atoms with Crippen LogP contribution in [0.2, 0.25) is 5.02 Å². The standard InChI is InChI=1S/C20H24ClN3O2/c1-13-3-6-18-16(11-13)19(22-26-18)20(25)24-9-7-23(8-10-24)17-12-15(21)5-4-14(17)2/h4-5,12-13H,3,6-11H2,1-2H3. The van der Waals surface area contributed by atoms with Crippen LogP contribution in [0.1, 0.15) is 40.7 Å². The first-order chi connectivity index (χ1) is 12.5. The largest absolute Gasteiger partial charge is 0.368 e. The van der Waals surface area contributed by atoms with Crippen LogP contribution in [-0.2, 0) is 12.8 Å². The van der Waals surface area contributed by atoms with E-state index in [2.05, 4.69) is 23.9 Å². The summed E-state index contributed by atoms with van der Waals surface area (Å²) in [6.45, 7) is 7.26. The van der Waals surface area contributed by atoms with Crippen molar-refractivity contribution >= 4 is 23.2 Å². The van der Waals surface area contributed by atoms with Gasteiger partial charge in [0.05, 0.1) is 0 Å². The third kappa shape index (κ3) is 3.20. The van der Waals surface area contributed by atoms with Gasteiger partial charge in [0.2, 0.25) is 0 Å². The molecule has 0 saturated carbocycles. The highest BCUT2D eigenvalue weighted by molar-refractivity contribution is 6.30. The second-order valence-corrected chi connectivity index (χ2v) is 7.93. The van der Waals surface area contributed by atoms with E-state index in [1.165, 1.54) is 5.56 Å². The molecule has 1 atom stereocenters. The molecule has 0 spiro atoms. The van der Waals surface area contributed by atoms with Crippen LogP contribution in [0.5, 0.6) is 0 Å². The lowest BCUT2D eigenvalue weighted by Crippen LogP contribution is -2.49. The fraction of sp³-hybridized carbons (Fsp3) is 0.500. The van der Waals surface area contributed by atoms with Crippen molar-refractivity contribution in [2.45, 2.75) is 33.1 Å². The van der Waals surface area contributed by atoms with Gasteiger partial charge < -0.3 is 14.3 Å². The van der Waals surface area contributed by atoms with E-state index >= 15 is 0 Å². The van der Waals surface area contributed by atoms with Crippen molar-refractivity contribution in [2.24, 2.45) is 5.92 Å². The maximum absolute atomic E-state index is 13.0. The Labute approximate surface area is 158 Å². The third-order valence-corrected chi connectivity index (χ3v) is 5.80. The molecule has 1 fully saturated rings. The first-order valence-electron chi connectivity index (χ1n) is 9.30. The van der Waals surface area contributed by atoms with Crippen molar-refractivity contribution < 1.29 is 9.32 Å². The van der Waals surface area contributed by atoms with E-state index in [4.69, 9.17) is 16.1 Å². The molecule has 1 aromatic heterocycles. The van der Waals surface area contributed by atoms with Crippen molar-refractivity contribution in [1.82, 2.24) is 10.1 Å². The predicted octanol–water partition coefficient (Wildman–Crippen LogP) is 3.72. The first-order valence-corrected chi connectivity index (χ1v) is 9.68. The summed E-state index contributed by atoms with van der Waals surface area (Å²) in [4.78, 5) is 17.2. The van der Waals surface area contributed by atoms with E-state index in [-0.39, 0.29) is 5.91 Å². The SMILES string of the molecule is Cc1ccc(Cl)cc1N1CCN(C(=O)c2noc3c2CC(C)CC3)CC1. The molecule has 0 bridgehead atoms. The van der Waals surface area contributed by atoms with Crippen LogP contribution >= 0.6 is 11.6 Å². The number of rotatable bonds is 2. The van der Waals surface area contributed by atoms with E-state index in [1.807, 2.05) is 23.1 Å². The summed E-state index contributed by atoms with van der Waals surface area (Å²) >= 11 is 6.15. The monoisotopic (exact) mass is 373 g/mol. The number of nitrogens with zero attached hydrogens (tertiary/aromatic N) is 3. The normalized spacial score (nSPS) is 20.2. The molecule has 1 aromatic carbocycles. The molecule has 4 rings (SSSR count). The molecule has 6 heteroatoms. The van der Waals surface area contributed by atoms with Gasteiger partial charge >= 0.3 is 0 Å². The molecule has 26 heavy (non-hydrogen) atoms. The van der Waals surface area contributed by atoms with Gasteiger partial charge in [-0.3, -0.25) is 4.79 Å². The fourth-order valence-corrected chi connectivity index (χ4v) is 4.14. The molecular weight excluding hydrogens is 350 g/mol. The number of anilines is 1. The van der Waals surface area contributed by atoms with Crippen LogP contribution < -0.4 is 4.90 Å². The lowest BCUT2D eigenvalue weighted by molar-refractivity contribution is 0.0735. The Morgan fingerprint density at radius 1 is 1.27 bits per heavy atom. The molecule has 2 aliphatic rings. The number of hydrogen-bond donors (Lipinski definition) is 0. The summed E-state index contributed by atoms with van der Waals surface area (Å²) in [6.07, 6.45) is 2.88. The van der Waals surface area contributed by atoms with Gasteiger partial charge in [-0.05, 0) is 43.4 Å². The third-order valence-electron chi connectivity index (χ3n) is 5.57. The number of aromatic nitrogens is 1. The number of carbonyl (C=O) groups excluding carboxylic acids is 1. The Kier molecular flexibility index (Phi) is 4.65. The van der Waals surface area contributed by atoms with Gasteiger partial charge in [-0.2, -0.15) is 0 Å². The zero-order valence-corrected chi connectivity index (χ0v) is 16.1. The summed E-state index contributed by atoms with van der Waals surface area (Å²) in [5.74, 6) is 1.49. The summed E-state index contributed by atoms with van der Waals surface area (Å²) in [5, 5.41) is 4.86. The Morgan fingerprint density at radius 3 is 2.81 bits per heavy atom. The van der Waals surface area contributed by atoms with E-state index in [0.717, 1.165) is 54.4 Å².